The number of fused-ring (bicyclic) bond motifs is 1. The molecule has 0 bridgehead atoms. The van der Waals surface area contributed by atoms with E-state index in [4.69, 9.17) is 4.74 Å². The van der Waals surface area contributed by atoms with Gasteiger partial charge in [0.25, 0.3) is 5.56 Å². The van der Waals surface area contributed by atoms with E-state index in [0.717, 1.165) is 17.7 Å². The molecule has 0 atom stereocenters. The molecule has 1 heterocycles. The zero-order valence-electron chi connectivity index (χ0n) is 15.9. The van der Waals surface area contributed by atoms with Crippen LogP contribution in [0.3, 0.4) is 0 Å². The highest BCUT2D eigenvalue weighted by Crippen LogP contribution is 2.18. The Labute approximate surface area is 168 Å². The molecule has 0 aliphatic carbocycles. The van der Waals surface area contributed by atoms with Crippen molar-refractivity contribution in [2.45, 2.75) is 13.0 Å². The summed E-state index contributed by atoms with van der Waals surface area (Å²) in [6.45, 7) is 4.02. The number of aromatic nitrogens is 2. The van der Waals surface area contributed by atoms with E-state index >= 15 is 0 Å². The van der Waals surface area contributed by atoms with Gasteiger partial charge in [0.1, 0.15) is 18.9 Å². The lowest BCUT2D eigenvalue weighted by Crippen LogP contribution is -2.32. The Bertz CT molecular complexity index is 1140. The number of amides is 1. The highest BCUT2D eigenvalue weighted by Gasteiger charge is 2.07. The second-order valence-corrected chi connectivity index (χ2v) is 6.21. The summed E-state index contributed by atoms with van der Waals surface area (Å²) in [6, 6.07) is 14.7. The molecule has 6 nitrogen and oxygen atoms in total. The Morgan fingerprint density at radius 1 is 1.17 bits per heavy atom. The van der Waals surface area contributed by atoms with E-state index in [1.807, 2.05) is 36.4 Å². The molecule has 1 amide bonds. The van der Waals surface area contributed by atoms with Crippen molar-refractivity contribution in [1.29, 1.82) is 0 Å². The Balaban J connectivity index is 1.48. The van der Waals surface area contributed by atoms with Crippen LogP contribution >= 0.6 is 0 Å². The van der Waals surface area contributed by atoms with E-state index < -0.39 is 0 Å². The average molecular weight is 387 g/mol. The maximum absolute atomic E-state index is 12.4. The normalized spacial score (nSPS) is 10.1. The van der Waals surface area contributed by atoms with E-state index in [9.17, 15) is 9.59 Å². The first-order chi connectivity index (χ1) is 14.2. The molecular formula is C23H21N3O3. The molecule has 146 valence electrons. The Morgan fingerprint density at radius 2 is 1.97 bits per heavy atom. The van der Waals surface area contributed by atoms with Gasteiger partial charge in [-0.2, -0.15) is 0 Å². The number of carbonyl (C=O) groups is 1. The predicted molar refractivity (Wildman–Crippen MR) is 113 cm³/mol. The predicted octanol–water partition coefficient (Wildman–Crippen LogP) is 2.32. The molecule has 29 heavy (non-hydrogen) atoms. The zero-order chi connectivity index (χ0) is 20.5. The average Bonchev–Trinajstić information content (AvgIpc) is 2.74. The van der Waals surface area contributed by atoms with Gasteiger partial charge in [0.15, 0.2) is 0 Å². The molecule has 2 aromatic carbocycles. The Kier molecular flexibility index (Phi) is 6.80. The smallest absolute Gasteiger partial charge is 0.261 e. The fourth-order valence-corrected chi connectivity index (χ4v) is 2.77. The van der Waals surface area contributed by atoms with Crippen LogP contribution in [0, 0.1) is 11.8 Å². The van der Waals surface area contributed by atoms with Gasteiger partial charge < -0.3 is 10.1 Å². The van der Waals surface area contributed by atoms with Crippen molar-refractivity contribution in [1.82, 2.24) is 14.9 Å². The lowest BCUT2D eigenvalue weighted by molar-refractivity contribution is -0.121. The first-order valence-electron chi connectivity index (χ1n) is 9.17. The number of rotatable bonds is 7. The molecule has 6 heteroatoms. The molecule has 1 N–H and O–H groups in total. The topological polar surface area (TPSA) is 73.2 Å². The van der Waals surface area contributed by atoms with Gasteiger partial charge in [-0.05, 0) is 30.2 Å². The number of para-hydroxylation sites is 2. The largest absolute Gasteiger partial charge is 0.481 e. The number of allylic oxidation sites excluding steroid dienone is 1. The fraction of sp³-hybridized carbons (Fsp3) is 0.174. The molecule has 0 saturated heterocycles. The molecule has 3 rings (SSSR count). The molecule has 0 aliphatic rings. The number of nitrogens with zero attached hydrogens (tertiary/aromatic N) is 2. The van der Waals surface area contributed by atoms with Crippen LogP contribution in [0.5, 0.6) is 5.75 Å². The SMILES string of the molecule is C=CCc1ccccc1OCC#CCNC(=O)Cn1cnc2ccccc2c1=O. The van der Waals surface area contributed by atoms with E-state index in [0.29, 0.717) is 10.9 Å². The molecule has 3 aromatic rings. The second-order valence-electron chi connectivity index (χ2n) is 6.21. The summed E-state index contributed by atoms with van der Waals surface area (Å²) < 4.78 is 6.94. The van der Waals surface area contributed by atoms with Gasteiger partial charge in [0, 0.05) is 0 Å². The Morgan fingerprint density at radius 3 is 2.83 bits per heavy atom. The van der Waals surface area contributed by atoms with Gasteiger partial charge in [0.05, 0.1) is 23.8 Å². The van der Waals surface area contributed by atoms with Crippen LogP contribution in [0.4, 0.5) is 0 Å². The highest BCUT2D eigenvalue weighted by molar-refractivity contribution is 5.78. The van der Waals surface area contributed by atoms with E-state index in [-0.39, 0.29) is 31.2 Å². The van der Waals surface area contributed by atoms with Gasteiger partial charge >= 0.3 is 0 Å². The van der Waals surface area contributed by atoms with Gasteiger partial charge in [-0.3, -0.25) is 14.2 Å². The number of nitrogens with one attached hydrogen (secondary N) is 1. The summed E-state index contributed by atoms with van der Waals surface area (Å²) in [5.74, 6) is 6.16. The van der Waals surface area contributed by atoms with Gasteiger partial charge in [-0.25, -0.2) is 4.98 Å². The highest BCUT2D eigenvalue weighted by atomic mass is 16.5. The first kappa shape index (κ1) is 19.9. The minimum Gasteiger partial charge on any atom is -0.481 e. The molecule has 0 saturated carbocycles. The number of carbonyl (C=O) groups excluding carboxylic acids is 1. The fourth-order valence-electron chi connectivity index (χ4n) is 2.77. The number of hydrogen-bond donors (Lipinski definition) is 1. The molecule has 1 aromatic heterocycles. The molecule has 0 fully saturated rings. The number of ether oxygens (including phenoxy) is 1. The summed E-state index contributed by atoms with van der Waals surface area (Å²) >= 11 is 0. The summed E-state index contributed by atoms with van der Waals surface area (Å²) in [6.07, 6.45) is 3.92. The first-order valence-corrected chi connectivity index (χ1v) is 9.17. The zero-order valence-corrected chi connectivity index (χ0v) is 15.9. The van der Waals surface area contributed by atoms with Crippen LogP contribution in [0.15, 0.2) is 72.3 Å². The summed E-state index contributed by atoms with van der Waals surface area (Å²) in [5.41, 5.74) is 1.41. The summed E-state index contributed by atoms with van der Waals surface area (Å²) in [5, 5.41) is 3.15. The number of benzene rings is 2. The monoisotopic (exact) mass is 387 g/mol. The number of hydrogen-bond acceptors (Lipinski definition) is 4. The molecule has 0 unspecified atom stereocenters. The minimum absolute atomic E-state index is 0.107. The van der Waals surface area contributed by atoms with Crippen molar-refractivity contribution in [2.75, 3.05) is 13.2 Å². The third-order valence-electron chi connectivity index (χ3n) is 4.18. The van der Waals surface area contributed by atoms with Crippen LogP contribution in [0.2, 0.25) is 0 Å². The van der Waals surface area contributed by atoms with E-state index in [1.54, 1.807) is 18.2 Å². The third kappa shape index (κ3) is 5.33. The van der Waals surface area contributed by atoms with Crippen LogP contribution in [0.1, 0.15) is 5.56 Å². The van der Waals surface area contributed by atoms with E-state index in [1.165, 1.54) is 10.9 Å². The lowest BCUT2D eigenvalue weighted by Gasteiger charge is -2.07. The molecule has 0 aliphatic heterocycles. The van der Waals surface area contributed by atoms with Gasteiger partial charge in [0.2, 0.25) is 5.91 Å². The van der Waals surface area contributed by atoms with Crippen LogP contribution in [0.25, 0.3) is 10.9 Å². The Hall–Kier alpha value is -3.85. The van der Waals surface area contributed by atoms with E-state index in [2.05, 4.69) is 28.7 Å². The standard InChI is InChI=1S/C23H21N3O3/c1-2-9-18-10-3-6-13-21(18)29-15-8-7-14-24-22(27)16-26-17-25-20-12-5-4-11-19(20)23(26)28/h2-6,10-13,17H,1,9,14-16H2,(H,24,27). The van der Waals surface area contributed by atoms with Gasteiger partial charge in [-0.15, -0.1) is 6.58 Å². The van der Waals surface area contributed by atoms with Crippen molar-refractivity contribution in [3.05, 3.63) is 83.4 Å². The van der Waals surface area contributed by atoms with Gasteiger partial charge in [-0.1, -0.05) is 48.2 Å². The van der Waals surface area contributed by atoms with Crippen molar-refractivity contribution < 1.29 is 9.53 Å². The second kappa shape index (κ2) is 9.90. The van der Waals surface area contributed by atoms with Crippen molar-refractivity contribution in [3.63, 3.8) is 0 Å². The summed E-state index contributed by atoms with van der Waals surface area (Å²) in [7, 11) is 0. The van der Waals surface area contributed by atoms with Crippen LogP contribution < -0.4 is 15.6 Å². The van der Waals surface area contributed by atoms with Crippen molar-refractivity contribution in [3.8, 4) is 17.6 Å². The maximum Gasteiger partial charge on any atom is 0.261 e. The molecular weight excluding hydrogens is 366 g/mol. The lowest BCUT2D eigenvalue weighted by atomic mass is 10.1. The van der Waals surface area contributed by atoms with Crippen molar-refractivity contribution >= 4 is 16.8 Å². The minimum atomic E-state index is -0.310. The quantitative estimate of drug-likeness (QED) is 0.499. The third-order valence-corrected chi connectivity index (χ3v) is 4.18. The maximum atomic E-state index is 12.4. The van der Waals surface area contributed by atoms with Crippen LogP contribution in [-0.2, 0) is 17.8 Å². The molecule has 0 spiro atoms. The van der Waals surface area contributed by atoms with Crippen molar-refractivity contribution in [2.24, 2.45) is 0 Å². The van der Waals surface area contributed by atoms with Crippen LogP contribution in [-0.4, -0.2) is 28.6 Å². The molecule has 0 radical (unpaired) electrons. The summed E-state index contributed by atoms with van der Waals surface area (Å²) in [4.78, 5) is 28.6.